The Morgan fingerprint density at radius 1 is 0.727 bits per heavy atom. The minimum absolute atomic E-state index is 0.130. The Bertz CT molecular complexity index is 2920. The first-order valence-electron chi connectivity index (χ1n) is 22.6. The van der Waals surface area contributed by atoms with Crippen molar-refractivity contribution in [1.29, 1.82) is 0 Å². The van der Waals surface area contributed by atoms with Crippen molar-refractivity contribution in [3.63, 3.8) is 0 Å². The molecule has 0 N–H and O–H groups in total. The second-order valence-electron chi connectivity index (χ2n) is 16.6. The topological polar surface area (TPSA) is 31.0 Å². The summed E-state index contributed by atoms with van der Waals surface area (Å²) < 4.78 is 63.7. The molecular formula is C52H52N2O. The van der Waals surface area contributed by atoms with Crippen LogP contribution in [-0.4, -0.2) is 9.55 Å². The molecule has 3 nitrogen and oxygen atoms in total. The Labute approximate surface area is 334 Å². The summed E-state index contributed by atoms with van der Waals surface area (Å²) in [5.74, 6) is -2.57. The molecule has 0 saturated heterocycles. The van der Waals surface area contributed by atoms with Gasteiger partial charge in [0.2, 0.25) is 0 Å². The molecule has 2 heterocycles. The van der Waals surface area contributed by atoms with Crippen molar-refractivity contribution in [3.8, 4) is 39.3 Å². The van der Waals surface area contributed by atoms with E-state index in [1.807, 2.05) is 86.9 Å². The number of imidazole rings is 1. The minimum Gasteiger partial charge on any atom is -0.455 e. The van der Waals surface area contributed by atoms with Crippen molar-refractivity contribution in [2.75, 3.05) is 0 Å². The van der Waals surface area contributed by atoms with Crippen molar-refractivity contribution in [2.24, 2.45) is 5.41 Å². The summed E-state index contributed by atoms with van der Waals surface area (Å²) in [5, 5.41) is 1.84. The second-order valence-corrected chi connectivity index (χ2v) is 16.6. The zero-order valence-electron chi connectivity index (χ0n) is 38.7. The van der Waals surface area contributed by atoms with Crippen molar-refractivity contribution in [2.45, 2.75) is 91.8 Å². The van der Waals surface area contributed by atoms with Crippen LogP contribution in [-0.2, 0) is 0 Å². The third-order valence-corrected chi connectivity index (χ3v) is 11.8. The van der Waals surface area contributed by atoms with E-state index in [0.717, 1.165) is 69.9 Å². The van der Waals surface area contributed by atoms with Gasteiger partial charge in [0.05, 0.1) is 22.3 Å². The smallest absolute Gasteiger partial charge is 0.149 e. The Morgan fingerprint density at radius 2 is 1.40 bits per heavy atom. The Balaban J connectivity index is 1.30. The first-order valence-corrected chi connectivity index (χ1v) is 19.6. The lowest BCUT2D eigenvalue weighted by molar-refractivity contribution is 0.224. The number of para-hydroxylation sites is 2. The van der Waals surface area contributed by atoms with Crippen molar-refractivity contribution in [3.05, 3.63) is 144 Å². The lowest BCUT2D eigenvalue weighted by Crippen LogP contribution is -2.20. The maximum atomic E-state index is 9.71. The lowest BCUT2D eigenvalue weighted by Gasteiger charge is -2.34. The van der Waals surface area contributed by atoms with Gasteiger partial charge in [0.1, 0.15) is 17.0 Å². The fourth-order valence-electron chi connectivity index (χ4n) is 8.53. The van der Waals surface area contributed by atoms with E-state index >= 15 is 0 Å². The normalized spacial score (nSPS) is 17.7. The molecule has 1 fully saturated rings. The number of rotatable bonds is 7. The maximum Gasteiger partial charge on any atom is 0.149 e. The molecule has 1 aliphatic rings. The van der Waals surface area contributed by atoms with Crippen LogP contribution in [0, 0.1) is 12.3 Å². The molecule has 6 aromatic carbocycles. The molecule has 0 unspecified atom stereocenters. The quantitative estimate of drug-likeness (QED) is 0.164. The zero-order chi connectivity index (χ0) is 43.3. The second kappa shape index (κ2) is 13.7. The molecule has 0 bridgehead atoms. The number of aryl methyl sites for hydroxylation is 1. The standard InChI is InChI=1S/C52H52N2O/c1-32(2)44-29-40(37-21-19-36(20-22-37)38-25-27-52(6,7)28-26-38)30-45(33(3)4)49(44)54-48-34(5)13-11-18-46(48)53-51(54)43-17-12-16-42-41-24-23-39(31-47(41)55-50(42)43)35-14-9-8-10-15-35/h8-24,29-33,38H,25-28H2,1-7H3/i5D3,32D,33D,38D. The molecule has 0 amide bonds. The van der Waals surface area contributed by atoms with Crippen LogP contribution in [0.1, 0.15) is 115 Å². The monoisotopic (exact) mass is 726 g/mol. The van der Waals surface area contributed by atoms with Gasteiger partial charge in [-0.2, -0.15) is 0 Å². The summed E-state index contributed by atoms with van der Waals surface area (Å²) in [6, 6.07) is 39.9. The van der Waals surface area contributed by atoms with Crippen LogP contribution in [0.4, 0.5) is 0 Å². The van der Waals surface area contributed by atoms with Gasteiger partial charge in [0.25, 0.3) is 0 Å². The molecule has 9 rings (SSSR count). The molecule has 1 aliphatic carbocycles. The summed E-state index contributed by atoms with van der Waals surface area (Å²) in [5.41, 5.74) is 9.96. The summed E-state index contributed by atoms with van der Waals surface area (Å²) in [7, 11) is 0. The van der Waals surface area contributed by atoms with E-state index in [9.17, 15) is 4.11 Å². The fraction of sp³-hybridized carbons (Fsp3) is 0.288. The average molecular weight is 727 g/mol. The van der Waals surface area contributed by atoms with Crippen LogP contribution in [0.5, 0.6) is 0 Å². The third kappa shape index (κ3) is 6.28. The molecular weight excluding hydrogens is 669 g/mol. The van der Waals surface area contributed by atoms with Gasteiger partial charge in [-0.3, -0.25) is 4.57 Å². The molecule has 0 radical (unpaired) electrons. The van der Waals surface area contributed by atoms with Crippen LogP contribution in [0.25, 0.3) is 72.3 Å². The highest BCUT2D eigenvalue weighted by atomic mass is 16.3. The SMILES string of the molecule is [2H]C([2H])([2H])c1cccc2nc(-c3cccc4c3oc3cc(-c5ccccc5)ccc34)n(-c3c(C([2H])(C)C)cc(-c4ccc(C5([2H])CCC(C)(C)CC5)cc4)cc3C([2H])(C)C)c12. The van der Waals surface area contributed by atoms with Gasteiger partial charge in [-0.25, -0.2) is 4.98 Å². The highest BCUT2D eigenvalue weighted by Gasteiger charge is 2.29. The van der Waals surface area contributed by atoms with Crippen LogP contribution < -0.4 is 0 Å². The predicted molar refractivity (Wildman–Crippen MR) is 233 cm³/mol. The summed E-state index contributed by atoms with van der Waals surface area (Å²) in [6.07, 6.45) is 3.66. The van der Waals surface area contributed by atoms with Crippen molar-refractivity contribution < 1.29 is 12.6 Å². The van der Waals surface area contributed by atoms with Crippen molar-refractivity contribution in [1.82, 2.24) is 9.55 Å². The van der Waals surface area contributed by atoms with E-state index in [-0.39, 0.29) is 11.0 Å². The van der Waals surface area contributed by atoms with E-state index in [1.54, 1.807) is 12.1 Å². The Kier molecular flexibility index (Phi) is 7.22. The number of aromatic nitrogens is 2. The molecule has 276 valence electrons. The first-order chi connectivity index (χ1) is 28.7. The highest BCUT2D eigenvalue weighted by molar-refractivity contribution is 6.10. The molecule has 0 aliphatic heterocycles. The molecule has 2 aromatic heterocycles. The summed E-state index contributed by atoms with van der Waals surface area (Å²) >= 11 is 0. The zero-order valence-corrected chi connectivity index (χ0v) is 32.7. The van der Waals surface area contributed by atoms with Crippen LogP contribution >= 0.6 is 0 Å². The van der Waals surface area contributed by atoms with E-state index < -0.39 is 24.5 Å². The highest BCUT2D eigenvalue weighted by Crippen LogP contribution is 2.45. The fourth-order valence-corrected chi connectivity index (χ4v) is 8.53. The van der Waals surface area contributed by atoms with Gasteiger partial charge in [-0.05, 0) is 137 Å². The number of hydrogen-bond donors (Lipinski definition) is 0. The van der Waals surface area contributed by atoms with E-state index in [0.29, 0.717) is 44.8 Å². The van der Waals surface area contributed by atoms with Gasteiger partial charge < -0.3 is 4.42 Å². The molecule has 0 atom stereocenters. The summed E-state index contributed by atoms with van der Waals surface area (Å²) in [4.78, 5) is 5.23. The molecule has 3 heteroatoms. The van der Waals surface area contributed by atoms with Crippen LogP contribution in [0.3, 0.4) is 0 Å². The number of furan rings is 1. The summed E-state index contributed by atoms with van der Waals surface area (Å²) in [6.45, 7) is 9.42. The number of nitrogens with zero attached hydrogens (tertiary/aromatic N) is 2. The average Bonchev–Trinajstić information content (AvgIpc) is 3.79. The minimum atomic E-state index is -2.49. The number of benzene rings is 6. The Hall–Kier alpha value is -5.41. The van der Waals surface area contributed by atoms with Gasteiger partial charge >= 0.3 is 0 Å². The third-order valence-electron chi connectivity index (χ3n) is 11.8. The maximum absolute atomic E-state index is 9.71. The molecule has 1 saturated carbocycles. The van der Waals surface area contributed by atoms with Gasteiger partial charge in [-0.1, -0.05) is 126 Å². The number of fused-ring (bicyclic) bond motifs is 4. The molecule has 0 spiro atoms. The molecule has 8 aromatic rings. The number of hydrogen-bond acceptors (Lipinski definition) is 2. The van der Waals surface area contributed by atoms with Gasteiger partial charge in [-0.15, -0.1) is 0 Å². The molecule has 55 heavy (non-hydrogen) atoms. The van der Waals surface area contributed by atoms with Crippen LogP contribution in [0.2, 0.25) is 0 Å². The first kappa shape index (κ1) is 29.0. The largest absolute Gasteiger partial charge is 0.455 e. The predicted octanol–water partition coefficient (Wildman–Crippen LogP) is 15.2. The van der Waals surface area contributed by atoms with Gasteiger partial charge in [0, 0.05) is 19.0 Å². The van der Waals surface area contributed by atoms with Crippen molar-refractivity contribution >= 4 is 33.0 Å². The Morgan fingerprint density at radius 3 is 2.09 bits per heavy atom. The van der Waals surface area contributed by atoms with E-state index in [4.69, 9.17) is 13.5 Å². The lowest BCUT2D eigenvalue weighted by atomic mass is 9.71. The van der Waals surface area contributed by atoms with E-state index in [2.05, 4.69) is 68.4 Å². The van der Waals surface area contributed by atoms with Crippen LogP contribution in [0.15, 0.2) is 126 Å². The van der Waals surface area contributed by atoms with Gasteiger partial charge in [0.15, 0.2) is 0 Å². The van der Waals surface area contributed by atoms with E-state index in [1.165, 1.54) is 0 Å².